The highest BCUT2D eigenvalue weighted by molar-refractivity contribution is 8.18. The zero-order valence-corrected chi connectivity index (χ0v) is 35.0. The van der Waals surface area contributed by atoms with Crippen molar-refractivity contribution in [1.29, 1.82) is 0 Å². The van der Waals surface area contributed by atoms with Crippen LogP contribution in [-0.4, -0.2) is 70.9 Å². The molecule has 2 aromatic carbocycles. The van der Waals surface area contributed by atoms with Gasteiger partial charge in [0.25, 0.3) is 0 Å². The number of ether oxygens (including phenoxy) is 4. The van der Waals surface area contributed by atoms with Crippen LogP contribution in [0.4, 0.5) is 0 Å². The third-order valence-electron chi connectivity index (χ3n) is 11.9. The zero-order chi connectivity index (χ0) is 40.7. The minimum atomic E-state index is -1.23. The number of aliphatic hydroxyl groups is 1. The van der Waals surface area contributed by atoms with Crippen LogP contribution in [0.5, 0.6) is 0 Å². The van der Waals surface area contributed by atoms with Gasteiger partial charge in [0, 0.05) is 60.3 Å². The van der Waals surface area contributed by atoms with Crippen molar-refractivity contribution in [2.24, 2.45) is 34.0 Å². The van der Waals surface area contributed by atoms with Crippen LogP contribution in [0.3, 0.4) is 0 Å². The van der Waals surface area contributed by atoms with Crippen LogP contribution in [-0.2, 0) is 42.9 Å². The Hall–Kier alpha value is -3.61. The Labute approximate surface area is 333 Å². The first-order valence-corrected chi connectivity index (χ1v) is 20.8. The van der Waals surface area contributed by atoms with Gasteiger partial charge in [0.1, 0.15) is 24.9 Å². The maximum atomic E-state index is 14.2. The number of thioether (sulfide) groups is 2. The summed E-state index contributed by atoms with van der Waals surface area (Å²) in [5, 5.41) is 11.5. The van der Waals surface area contributed by atoms with Crippen LogP contribution in [0.15, 0.2) is 82.1 Å². The molecule has 2 saturated carbocycles. The first kappa shape index (κ1) is 44.1. The Kier molecular flexibility index (Phi) is 14.9. The lowest BCUT2D eigenvalue weighted by Crippen LogP contribution is -2.74. The highest BCUT2D eigenvalue weighted by Crippen LogP contribution is 2.69. The Balaban J connectivity index is 0.00000331. The predicted molar refractivity (Wildman–Crippen MR) is 212 cm³/mol. The summed E-state index contributed by atoms with van der Waals surface area (Å²) in [6.45, 7) is 14.6. The van der Waals surface area contributed by atoms with E-state index in [1.54, 1.807) is 13.0 Å². The molecule has 5 rings (SSSR count). The molecule has 55 heavy (non-hydrogen) atoms. The summed E-state index contributed by atoms with van der Waals surface area (Å²) in [5.74, 6) is -4.46. The molecule has 0 spiro atoms. The highest BCUT2D eigenvalue weighted by atomic mass is 32.2. The van der Waals surface area contributed by atoms with E-state index < -0.39 is 80.8 Å². The largest absolute Gasteiger partial charge is 0.463 e. The van der Waals surface area contributed by atoms with Crippen molar-refractivity contribution in [3.8, 4) is 0 Å². The van der Waals surface area contributed by atoms with Crippen LogP contribution in [0, 0.1) is 34.0 Å². The van der Waals surface area contributed by atoms with Crippen LogP contribution >= 0.6 is 23.5 Å². The molecule has 3 aliphatic rings. The van der Waals surface area contributed by atoms with E-state index in [2.05, 4.69) is 0 Å². The summed E-state index contributed by atoms with van der Waals surface area (Å²) in [6.07, 6.45) is -0.445. The number of fused-ring (bicyclic) bond motifs is 3. The fourth-order valence-electron chi connectivity index (χ4n) is 9.66. The minimum absolute atomic E-state index is 0.0942. The number of carbonyl (C=O) groups is 5. The van der Waals surface area contributed by atoms with Gasteiger partial charge in [0.2, 0.25) is 0 Å². The molecule has 0 radical (unpaired) electrons. The van der Waals surface area contributed by atoms with Crippen LogP contribution in [0.2, 0.25) is 0 Å². The molecule has 0 aliphatic heterocycles. The van der Waals surface area contributed by atoms with Gasteiger partial charge in [-0.2, -0.15) is 0 Å². The molecule has 0 heterocycles. The maximum absolute atomic E-state index is 14.2. The number of ketones is 1. The van der Waals surface area contributed by atoms with Crippen LogP contribution < -0.4 is 0 Å². The Morgan fingerprint density at radius 3 is 1.85 bits per heavy atom. The minimum Gasteiger partial charge on any atom is -0.463 e. The number of rotatable bonds is 12. The van der Waals surface area contributed by atoms with Crippen molar-refractivity contribution >= 4 is 53.2 Å². The van der Waals surface area contributed by atoms with E-state index >= 15 is 0 Å². The van der Waals surface area contributed by atoms with Gasteiger partial charge in [-0.1, -0.05) is 94.5 Å². The van der Waals surface area contributed by atoms with Crippen molar-refractivity contribution < 1.29 is 48.0 Å². The summed E-state index contributed by atoms with van der Waals surface area (Å²) in [5.41, 5.74) is -2.76. The molecule has 0 amide bonds. The third kappa shape index (κ3) is 8.86. The molecule has 9 atom stereocenters. The van der Waals surface area contributed by atoms with Crippen molar-refractivity contribution in [2.75, 3.05) is 13.2 Å². The van der Waals surface area contributed by atoms with Gasteiger partial charge >= 0.3 is 23.9 Å². The van der Waals surface area contributed by atoms with E-state index in [-0.39, 0.29) is 25.4 Å². The van der Waals surface area contributed by atoms with Gasteiger partial charge in [-0.3, -0.25) is 19.2 Å². The number of esters is 4. The molecule has 300 valence electrons. The third-order valence-corrected chi connectivity index (χ3v) is 14.4. The number of benzene rings is 2. The van der Waals surface area contributed by atoms with E-state index in [1.165, 1.54) is 44.3 Å². The van der Waals surface area contributed by atoms with Crippen molar-refractivity contribution in [2.45, 2.75) is 114 Å². The van der Waals surface area contributed by atoms with Gasteiger partial charge < -0.3 is 24.1 Å². The molecular weight excluding hydrogens is 741 g/mol. The molecule has 12 heteroatoms. The smallest absolute Gasteiger partial charge is 0.330 e. The van der Waals surface area contributed by atoms with Gasteiger partial charge in [0.15, 0.2) is 10.4 Å². The molecule has 2 aromatic rings. The van der Waals surface area contributed by atoms with E-state index in [1.807, 2.05) is 95.3 Å². The molecule has 0 saturated heterocycles. The van der Waals surface area contributed by atoms with Crippen molar-refractivity contribution in [3.63, 3.8) is 0 Å². The average Bonchev–Trinajstić information content (AvgIpc) is 3.14. The van der Waals surface area contributed by atoms with Crippen molar-refractivity contribution in [1.82, 2.24) is 0 Å². The second kappa shape index (κ2) is 18.6. The van der Waals surface area contributed by atoms with E-state index in [9.17, 15) is 29.1 Å². The number of aliphatic hydroxyl groups excluding tert-OH is 1. The fraction of sp³-hybridized carbons (Fsp3) is 0.558. The molecule has 0 bridgehead atoms. The fourth-order valence-corrected chi connectivity index (χ4v) is 12.0. The summed E-state index contributed by atoms with van der Waals surface area (Å²) in [7, 11) is 0. The van der Waals surface area contributed by atoms with E-state index in [4.69, 9.17) is 18.9 Å². The molecule has 3 aliphatic carbocycles. The summed E-state index contributed by atoms with van der Waals surface area (Å²) in [6, 6.07) is 19.0. The van der Waals surface area contributed by atoms with Gasteiger partial charge in [-0.05, 0) is 67.5 Å². The number of hydrogen-bond donors (Lipinski definition) is 1. The van der Waals surface area contributed by atoms with Gasteiger partial charge in [0.05, 0.1) is 5.41 Å². The zero-order valence-electron chi connectivity index (χ0n) is 33.4. The quantitative estimate of drug-likeness (QED) is 0.0968. The molecule has 10 nitrogen and oxygen atoms in total. The normalized spacial score (nSPS) is 31.0. The van der Waals surface area contributed by atoms with E-state index in [0.29, 0.717) is 18.4 Å². The number of allylic oxidation sites excluding steroid dienone is 1. The Morgan fingerprint density at radius 1 is 0.855 bits per heavy atom. The maximum Gasteiger partial charge on any atom is 0.330 e. The highest BCUT2D eigenvalue weighted by Gasteiger charge is 2.74. The standard InChI is InChI=1S/C41H50O10S2.C2H6/c1-8-41(23-48-37(47)38(52-28-15-11-9-12-16-28)53-29-17-13-10-14-18-29)31(22-42)39(6)20-19-30-33(46)24(2)21-32(49-25(3)43)40(30,7)35(39)34(50-26(4)44)36(41)51-27(5)45;1-2/h9-18,21,30-32,34-36,38,42H,8,19-20,22-23H2,1-7H3;1-2H3. The summed E-state index contributed by atoms with van der Waals surface area (Å²) in [4.78, 5) is 68.5. The lowest BCUT2D eigenvalue weighted by atomic mass is 9.37. The predicted octanol–water partition coefficient (Wildman–Crippen LogP) is 7.85. The van der Waals surface area contributed by atoms with Gasteiger partial charge in [-0.25, -0.2) is 4.79 Å². The van der Waals surface area contributed by atoms with Crippen molar-refractivity contribution in [3.05, 3.63) is 72.3 Å². The summed E-state index contributed by atoms with van der Waals surface area (Å²) < 4.78 is 23.9. The number of carbonyl (C=O) groups excluding carboxylic acids is 5. The van der Waals surface area contributed by atoms with Crippen LogP contribution in [0.25, 0.3) is 0 Å². The Morgan fingerprint density at radius 2 is 1.38 bits per heavy atom. The van der Waals surface area contributed by atoms with Crippen LogP contribution in [0.1, 0.15) is 81.6 Å². The lowest BCUT2D eigenvalue weighted by Gasteiger charge is -2.68. The molecule has 1 N–H and O–H groups in total. The molecule has 0 aromatic heterocycles. The monoisotopic (exact) mass is 796 g/mol. The first-order valence-electron chi connectivity index (χ1n) is 19.1. The first-order chi connectivity index (χ1) is 26.1. The summed E-state index contributed by atoms with van der Waals surface area (Å²) >= 11 is 2.70. The molecule has 9 unspecified atom stereocenters. The average molecular weight is 797 g/mol. The Bertz CT molecular complexity index is 1670. The molecule has 2 fully saturated rings. The SMILES string of the molecule is CC.CCC1(COC(=O)C(Sc2ccccc2)Sc2ccccc2)C(OC(C)=O)C(OC(C)=O)C2C(C)(CCC3C(=O)C(C)=CC(OC(C)=O)C32C)C1CO. The van der Waals surface area contributed by atoms with Gasteiger partial charge in [-0.15, -0.1) is 0 Å². The second-order valence-corrected chi connectivity index (χ2v) is 17.6. The number of hydrogen-bond acceptors (Lipinski definition) is 12. The van der Waals surface area contributed by atoms with E-state index in [0.717, 1.165) is 9.79 Å². The number of Topliss-reactive ketones (excluding diaryl/α,β-unsaturated/α-hetero) is 1. The lowest BCUT2D eigenvalue weighted by molar-refractivity contribution is -0.289. The molecular formula is C43H56O10S2. The topological polar surface area (TPSA) is 142 Å². The second-order valence-electron chi connectivity index (χ2n) is 14.9.